The fraction of sp³-hybridized carbons (Fsp3) is 0.421. The zero-order chi connectivity index (χ0) is 18.2. The number of ether oxygens (including phenoxy) is 1. The predicted molar refractivity (Wildman–Crippen MR) is 100 cm³/mol. The summed E-state index contributed by atoms with van der Waals surface area (Å²) in [6.07, 6.45) is 3.17. The molecule has 1 aromatic heterocycles. The summed E-state index contributed by atoms with van der Waals surface area (Å²) in [4.78, 5) is 25.1. The Hall–Kier alpha value is -2.51. The molecule has 7 nitrogen and oxygen atoms in total. The van der Waals surface area contributed by atoms with Gasteiger partial charge in [-0.1, -0.05) is 30.3 Å². The lowest BCUT2D eigenvalue weighted by atomic mass is 10.2. The summed E-state index contributed by atoms with van der Waals surface area (Å²) in [7, 11) is 2.04. The van der Waals surface area contributed by atoms with E-state index in [-0.39, 0.29) is 5.91 Å². The number of aromatic nitrogens is 2. The molecule has 1 saturated heterocycles. The van der Waals surface area contributed by atoms with Crippen molar-refractivity contribution in [2.45, 2.75) is 6.54 Å². The Kier molecular flexibility index (Phi) is 6.51. The maximum absolute atomic E-state index is 12.2. The van der Waals surface area contributed by atoms with Crippen LogP contribution in [0.5, 0.6) is 0 Å². The Morgan fingerprint density at radius 2 is 1.88 bits per heavy atom. The summed E-state index contributed by atoms with van der Waals surface area (Å²) in [5.41, 5.74) is 1.74. The largest absolute Gasteiger partial charge is 0.378 e. The average molecular weight is 355 g/mol. The van der Waals surface area contributed by atoms with Crippen molar-refractivity contribution in [2.75, 3.05) is 51.3 Å². The van der Waals surface area contributed by atoms with Crippen molar-refractivity contribution in [3.63, 3.8) is 0 Å². The quantitative estimate of drug-likeness (QED) is 0.804. The van der Waals surface area contributed by atoms with Crippen LogP contribution in [0.3, 0.4) is 0 Å². The molecule has 0 unspecified atom stereocenters. The van der Waals surface area contributed by atoms with Gasteiger partial charge in [0.2, 0.25) is 5.95 Å². The van der Waals surface area contributed by atoms with Gasteiger partial charge in [-0.3, -0.25) is 4.79 Å². The SMILES string of the molecule is CN(CCNC(=O)c1cnc(N2CCOCC2)nc1)Cc1ccccc1. The molecule has 7 heteroatoms. The molecular formula is C19H25N5O2. The fourth-order valence-corrected chi connectivity index (χ4v) is 2.80. The number of hydrogen-bond acceptors (Lipinski definition) is 6. The number of rotatable bonds is 7. The Balaban J connectivity index is 1.43. The number of carbonyl (C=O) groups is 1. The number of carbonyl (C=O) groups excluding carboxylic acids is 1. The maximum atomic E-state index is 12.2. The van der Waals surface area contributed by atoms with Gasteiger partial charge in [-0.25, -0.2) is 9.97 Å². The second kappa shape index (κ2) is 9.26. The van der Waals surface area contributed by atoms with Crippen LogP contribution >= 0.6 is 0 Å². The smallest absolute Gasteiger partial charge is 0.254 e. The van der Waals surface area contributed by atoms with E-state index in [0.29, 0.717) is 31.3 Å². The van der Waals surface area contributed by atoms with Gasteiger partial charge in [0.05, 0.1) is 18.8 Å². The lowest BCUT2D eigenvalue weighted by molar-refractivity contribution is 0.0948. The van der Waals surface area contributed by atoms with E-state index in [0.717, 1.165) is 26.2 Å². The second-order valence-electron chi connectivity index (χ2n) is 6.35. The number of amides is 1. The van der Waals surface area contributed by atoms with Gasteiger partial charge in [0.25, 0.3) is 5.91 Å². The summed E-state index contributed by atoms with van der Waals surface area (Å²) < 4.78 is 5.32. The van der Waals surface area contributed by atoms with Gasteiger partial charge in [-0.05, 0) is 12.6 Å². The Labute approximate surface area is 154 Å². The zero-order valence-corrected chi connectivity index (χ0v) is 15.1. The van der Waals surface area contributed by atoms with Crippen LogP contribution in [-0.2, 0) is 11.3 Å². The molecule has 0 atom stereocenters. The third-order valence-electron chi connectivity index (χ3n) is 4.27. The van der Waals surface area contributed by atoms with E-state index in [4.69, 9.17) is 4.74 Å². The van der Waals surface area contributed by atoms with Gasteiger partial charge in [0.15, 0.2) is 0 Å². The van der Waals surface area contributed by atoms with Crippen LogP contribution in [0, 0.1) is 0 Å². The van der Waals surface area contributed by atoms with E-state index in [1.165, 1.54) is 5.56 Å². The van der Waals surface area contributed by atoms with Crippen LogP contribution in [0.2, 0.25) is 0 Å². The summed E-state index contributed by atoms with van der Waals surface area (Å²) in [5.74, 6) is 0.499. The molecule has 1 N–H and O–H groups in total. The van der Waals surface area contributed by atoms with E-state index in [1.54, 1.807) is 12.4 Å². The second-order valence-corrected chi connectivity index (χ2v) is 6.35. The van der Waals surface area contributed by atoms with Crippen LogP contribution < -0.4 is 10.2 Å². The highest BCUT2D eigenvalue weighted by atomic mass is 16.5. The Morgan fingerprint density at radius 1 is 1.19 bits per heavy atom. The molecule has 0 radical (unpaired) electrons. The predicted octanol–water partition coefficient (Wildman–Crippen LogP) is 1.18. The van der Waals surface area contributed by atoms with E-state index >= 15 is 0 Å². The van der Waals surface area contributed by atoms with Crippen molar-refractivity contribution in [1.82, 2.24) is 20.2 Å². The van der Waals surface area contributed by atoms with Crippen molar-refractivity contribution >= 4 is 11.9 Å². The topological polar surface area (TPSA) is 70.6 Å². The van der Waals surface area contributed by atoms with Gasteiger partial charge in [-0.2, -0.15) is 0 Å². The first-order chi connectivity index (χ1) is 12.7. The average Bonchev–Trinajstić information content (AvgIpc) is 2.69. The first-order valence-electron chi connectivity index (χ1n) is 8.88. The molecule has 0 bridgehead atoms. The fourth-order valence-electron chi connectivity index (χ4n) is 2.80. The first-order valence-corrected chi connectivity index (χ1v) is 8.88. The highest BCUT2D eigenvalue weighted by molar-refractivity contribution is 5.93. The summed E-state index contributed by atoms with van der Waals surface area (Å²) in [5, 5.41) is 2.92. The summed E-state index contributed by atoms with van der Waals surface area (Å²) in [6, 6.07) is 10.3. The molecule has 1 fully saturated rings. The molecule has 3 rings (SSSR count). The lowest BCUT2D eigenvalue weighted by Crippen LogP contribution is -2.37. The standard InChI is InChI=1S/C19H25N5O2/c1-23(15-16-5-3-2-4-6-16)8-7-20-18(25)17-13-21-19(22-14-17)24-9-11-26-12-10-24/h2-6,13-14H,7-12,15H2,1H3,(H,20,25). The summed E-state index contributed by atoms with van der Waals surface area (Å²) in [6.45, 7) is 5.12. The van der Waals surface area contributed by atoms with E-state index in [2.05, 4.69) is 37.2 Å². The number of nitrogens with one attached hydrogen (secondary N) is 1. The first kappa shape index (κ1) is 18.3. The van der Waals surface area contributed by atoms with Crippen LogP contribution in [0.15, 0.2) is 42.7 Å². The number of morpholine rings is 1. The monoisotopic (exact) mass is 355 g/mol. The van der Waals surface area contributed by atoms with Gasteiger partial charge in [0.1, 0.15) is 0 Å². The van der Waals surface area contributed by atoms with E-state index in [9.17, 15) is 4.79 Å². The van der Waals surface area contributed by atoms with Crippen molar-refractivity contribution in [3.8, 4) is 0 Å². The molecule has 138 valence electrons. The molecular weight excluding hydrogens is 330 g/mol. The van der Waals surface area contributed by atoms with Crippen LogP contribution in [0.4, 0.5) is 5.95 Å². The number of hydrogen-bond donors (Lipinski definition) is 1. The highest BCUT2D eigenvalue weighted by Gasteiger charge is 2.14. The van der Waals surface area contributed by atoms with Crippen molar-refractivity contribution in [1.29, 1.82) is 0 Å². The number of likely N-dealkylation sites (N-methyl/N-ethyl adjacent to an activating group) is 1. The molecule has 0 aliphatic carbocycles. The Morgan fingerprint density at radius 3 is 2.58 bits per heavy atom. The van der Waals surface area contributed by atoms with Gasteiger partial charge < -0.3 is 19.9 Å². The molecule has 1 amide bonds. The van der Waals surface area contributed by atoms with Crippen LogP contribution in [0.25, 0.3) is 0 Å². The minimum Gasteiger partial charge on any atom is -0.378 e. The number of anilines is 1. The van der Waals surface area contributed by atoms with Crippen LogP contribution in [0.1, 0.15) is 15.9 Å². The highest BCUT2D eigenvalue weighted by Crippen LogP contribution is 2.09. The molecule has 1 aromatic carbocycles. The minimum atomic E-state index is -0.147. The number of benzene rings is 1. The van der Waals surface area contributed by atoms with E-state index < -0.39 is 0 Å². The third kappa shape index (κ3) is 5.24. The third-order valence-corrected chi connectivity index (χ3v) is 4.27. The summed E-state index contributed by atoms with van der Waals surface area (Å²) >= 11 is 0. The number of nitrogens with zero attached hydrogens (tertiary/aromatic N) is 4. The molecule has 0 saturated carbocycles. The van der Waals surface area contributed by atoms with Gasteiger partial charge in [0, 0.05) is 45.1 Å². The molecule has 26 heavy (non-hydrogen) atoms. The van der Waals surface area contributed by atoms with Crippen molar-refractivity contribution < 1.29 is 9.53 Å². The van der Waals surface area contributed by atoms with Crippen LogP contribution in [-0.4, -0.2) is 67.2 Å². The molecule has 1 aliphatic heterocycles. The normalized spacial score (nSPS) is 14.5. The van der Waals surface area contributed by atoms with Crippen molar-refractivity contribution in [3.05, 3.63) is 53.9 Å². The molecule has 0 spiro atoms. The lowest BCUT2D eigenvalue weighted by Gasteiger charge is -2.26. The van der Waals surface area contributed by atoms with E-state index in [1.807, 2.05) is 25.2 Å². The zero-order valence-electron chi connectivity index (χ0n) is 15.1. The Bertz CT molecular complexity index is 687. The molecule has 1 aliphatic rings. The maximum Gasteiger partial charge on any atom is 0.254 e. The van der Waals surface area contributed by atoms with Gasteiger partial charge >= 0.3 is 0 Å². The van der Waals surface area contributed by atoms with Gasteiger partial charge in [-0.15, -0.1) is 0 Å². The molecule has 2 aromatic rings. The molecule has 2 heterocycles. The van der Waals surface area contributed by atoms with Crippen molar-refractivity contribution in [2.24, 2.45) is 0 Å². The minimum absolute atomic E-state index is 0.147.